The number of ketones is 2. The number of esters is 5. The zero-order valence-corrected chi connectivity index (χ0v) is 30.6. The summed E-state index contributed by atoms with van der Waals surface area (Å²) in [5.74, 6) is -3.97. The van der Waals surface area contributed by atoms with Gasteiger partial charge in [-0.2, -0.15) is 0 Å². The maximum absolute atomic E-state index is 12.6. The van der Waals surface area contributed by atoms with Crippen molar-refractivity contribution in [1.29, 1.82) is 0 Å². The van der Waals surface area contributed by atoms with Gasteiger partial charge in [0.1, 0.15) is 33.6 Å². The molecule has 2 aliphatic heterocycles. The summed E-state index contributed by atoms with van der Waals surface area (Å²) in [7, 11) is 0. The fraction of sp³-hybridized carbons (Fsp3) is 0.718. The number of aliphatic hydroxyl groups excluding tert-OH is 3. The molecule has 296 valence electrons. The molecule has 0 radical (unpaired) electrons. The minimum Gasteiger partial charge on any atom is -0.466 e. The Hall–Kier alpha value is -3.75. The van der Waals surface area contributed by atoms with Gasteiger partial charge in [0.2, 0.25) is 0 Å². The lowest BCUT2D eigenvalue weighted by Gasteiger charge is -2.55. The van der Waals surface area contributed by atoms with E-state index in [1.807, 2.05) is 24.3 Å². The second-order valence-electron chi connectivity index (χ2n) is 15.0. The Bertz CT molecular complexity index is 1490. The molecule has 0 spiro atoms. The zero-order valence-electron chi connectivity index (χ0n) is 30.6. The zero-order chi connectivity index (χ0) is 38.6. The highest BCUT2D eigenvalue weighted by atomic mass is 16.6. The number of fused-ring (bicyclic) bond motifs is 2. The fourth-order valence-electron chi connectivity index (χ4n) is 9.23. The van der Waals surface area contributed by atoms with E-state index in [0.717, 1.165) is 38.5 Å². The number of carbonyl (C=O) groups excluding carboxylic acids is 7. The summed E-state index contributed by atoms with van der Waals surface area (Å²) in [5, 5.41) is 30.9. The molecule has 0 bridgehead atoms. The average Bonchev–Trinajstić information content (AvgIpc) is 3.37. The van der Waals surface area contributed by atoms with Crippen LogP contribution in [-0.4, -0.2) is 93.4 Å². The van der Waals surface area contributed by atoms with Crippen LogP contribution in [0.25, 0.3) is 0 Å². The molecule has 0 unspecified atom stereocenters. The molecule has 3 N–H and O–H groups in total. The van der Waals surface area contributed by atoms with E-state index >= 15 is 0 Å². The highest BCUT2D eigenvalue weighted by Crippen LogP contribution is 2.64. The number of hydrogen-bond acceptors (Lipinski definition) is 14. The molecule has 14 heteroatoms. The van der Waals surface area contributed by atoms with Gasteiger partial charge >= 0.3 is 29.8 Å². The van der Waals surface area contributed by atoms with Gasteiger partial charge in [0.15, 0.2) is 0 Å². The molecular formula is C39H56O14. The van der Waals surface area contributed by atoms with Gasteiger partial charge in [0.25, 0.3) is 0 Å². The summed E-state index contributed by atoms with van der Waals surface area (Å²) >= 11 is 0. The van der Waals surface area contributed by atoms with Gasteiger partial charge in [-0.25, -0.2) is 0 Å². The van der Waals surface area contributed by atoms with Crippen LogP contribution in [0.15, 0.2) is 24.3 Å². The third-order valence-corrected chi connectivity index (χ3v) is 11.9. The van der Waals surface area contributed by atoms with Crippen LogP contribution in [0.2, 0.25) is 0 Å². The molecule has 0 aromatic rings. The normalized spacial score (nSPS) is 35.8. The van der Waals surface area contributed by atoms with Crippen LogP contribution in [0, 0.1) is 34.5 Å². The number of rotatable bonds is 9. The maximum atomic E-state index is 12.6. The molecular weight excluding hydrogens is 692 g/mol. The number of aliphatic hydroxyl groups is 3. The molecule has 10 atom stereocenters. The van der Waals surface area contributed by atoms with Crippen LogP contribution in [0.5, 0.6) is 0 Å². The standard InChI is InChI=1S/C18H24O6.C16H22O5.C4H6O3.CH4/c1-11(19)23-9-8-13-14(20)10-18(16(22)24-17(13,18)2)15(21)12-6-4-3-5-7-12;1-15-11(7-8-17)12(18)9-16(15,14(20)21-15)13(19)10-5-3-2-4-6-10;1-3(5)7-4(2)6;/h4,6,12-13,15,21H,3,5,7-10H2,1-2H3;3,5,10-11,13,17,19H,2,4,6-9H2,1H3;1-2H3;1H4/t12-,13+,15+,17+,18-;10-,11+,13+,15+,16-;;/m11../s1. The summed E-state index contributed by atoms with van der Waals surface area (Å²) in [4.78, 5) is 79.9. The summed E-state index contributed by atoms with van der Waals surface area (Å²) in [5.41, 5.74) is -4.30. The lowest BCUT2D eigenvalue weighted by Crippen LogP contribution is -2.70. The number of Topliss-reactive ketones (excluding diaryl/α,β-unsaturated/α-hetero) is 2. The van der Waals surface area contributed by atoms with Crippen LogP contribution < -0.4 is 0 Å². The molecule has 53 heavy (non-hydrogen) atoms. The van der Waals surface area contributed by atoms with E-state index in [0.29, 0.717) is 6.42 Å². The lowest BCUT2D eigenvalue weighted by atomic mass is 9.60. The fourth-order valence-corrected chi connectivity index (χ4v) is 9.23. The second kappa shape index (κ2) is 17.2. The monoisotopic (exact) mass is 748 g/mol. The van der Waals surface area contributed by atoms with Crippen molar-refractivity contribution in [2.24, 2.45) is 34.5 Å². The van der Waals surface area contributed by atoms with Crippen molar-refractivity contribution < 1.29 is 67.8 Å². The van der Waals surface area contributed by atoms with Crippen LogP contribution in [0.4, 0.5) is 0 Å². The minimum absolute atomic E-state index is 0. The number of hydrogen-bond donors (Lipinski definition) is 3. The van der Waals surface area contributed by atoms with Crippen LogP contribution in [-0.2, 0) is 52.5 Å². The van der Waals surface area contributed by atoms with E-state index in [9.17, 15) is 43.8 Å². The van der Waals surface area contributed by atoms with E-state index in [4.69, 9.17) is 19.3 Å². The number of carbonyl (C=O) groups is 7. The van der Waals surface area contributed by atoms with Gasteiger partial charge < -0.3 is 34.3 Å². The second-order valence-corrected chi connectivity index (χ2v) is 15.0. The molecule has 0 aromatic heterocycles. The summed E-state index contributed by atoms with van der Waals surface area (Å²) in [6.45, 7) is 7.12. The molecule has 0 aromatic carbocycles. The minimum atomic E-state index is -1.17. The van der Waals surface area contributed by atoms with Crippen LogP contribution in [0.1, 0.15) is 106 Å². The van der Waals surface area contributed by atoms with E-state index in [-0.39, 0.29) is 63.3 Å². The Labute approximate surface area is 310 Å². The van der Waals surface area contributed by atoms with Gasteiger partial charge in [-0.15, -0.1) is 0 Å². The van der Waals surface area contributed by atoms with Crippen LogP contribution >= 0.6 is 0 Å². The molecule has 2 saturated carbocycles. The predicted octanol–water partition coefficient (Wildman–Crippen LogP) is 3.26. The van der Waals surface area contributed by atoms with Gasteiger partial charge in [0.05, 0.1) is 30.7 Å². The van der Waals surface area contributed by atoms with Gasteiger partial charge in [0, 0.05) is 52.1 Å². The Kier molecular flexibility index (Phi) is 14.1. The van der Waals surface area contributed by atoms with Gasteiger partial charge in [-0.3, -0.25) is 33.6 Å². The van der Waals surface area contributed by atoms with Gasteiger partial charge in [-0.1, -0.05) is 31.7 Å². The molecule has 0 amide bonds. The van der Waals surface area contributed by atoms with Crippen molar-refractivity contribution in [3.05, 3.63) is 24.3 Å². The Morgan fingerprint density at radius 3 is 1.47 bits per heavy atom. The van der Waals surface area contributed by atoms with E-state index in [1.54, 1.807) is 13.8 Å². The van der Waals surface area contributed by atoms with Crippen molar-refractivity contribution in [2.45, 2.75) is 130 Å². The number of ether oxygens (including phenoxy) is 4. The summed E-state index contributed by atoms with van der Waals surface area (Å²) < 4.78 is 19.7. The maximum Gasteiger partial charge on any atom is 0.319 e. The quantitative estimate of drug-likeness (QED) is 0.134. The first-order valence-corrected chi connectivity index (χ1v) is 18.1. The summed E-state index contributed by atoms with van der Waals surface area (Å²) in [6, 6.07) is 0. The van der Waals surface area contributed by atoms with Crippen molar-refractivity contribution >= 4 is 41.4 Å². The Morgan fingerprint density at radius 1 is 0.755 bits per heavy atom. The SMILES string of the molecule is C.CC(=O)OC(C)=O.CC(=O)OCC[C@H]1C(=O)C[C@@]2([C@@H](O)[C@@H]3C=CCCC3)C(=O)O[C@@]12C.C[C@@]12OC(=O)[C@]1([C@@H](O)[C@@H]1C=CCCC1)CC(=O)[C@@H]2CCO. The third-order valence-electron chi connectivity index (χ3n) is 11.9. The van der Waals surface area contributed by atoms with E-state index in [2.05, 4.69) is 4.74 Å². The van der Waals surface area contributed by atoms with E-state index < -0.39 is 75.9 Å². The molecule has 4 fully saturated rings. The van der Waals surface area contributed by atoms with Gasteiger partial charge in [-0.05, 0) is 65.2 Å². The molecule has 2 saturated heterocycles. The lowest BCUT2D eigenvalue weighted by molar-refractivity contribution is -0.264. The Morgan fingerprint density at radius 2 is 1.17 bits per heavy atom. The third kappa shape index (κ3) is 7.77. The average molecular weight is 749 g/mol. The van der Waals surface area contributed by atoms with E-state index in [1.165, 1.54) is 20.8 Å². The highest BCUT2D eigenvalue weighted by Gasteiger charge is 2.79. The molecule has 4 aliphatic carbocycles. The van der Waals surface area contributed by atoms with Crippen molar-refractivity contribution in [1.82, 2.24) is 0 Å². The predicted molar refractivity (Wildman–Crippen MR) is 187 cm³/mol. The molecule has 6 aliphatic rings. The number of allylic oxidation sites excluding steroid dienone is 2. The van der Waals surface area contributed by atoms with Crippen molar-refractivity contribution in [2.75, 3.05) is 13.2 Å². The molecule has 14 nitrogen and oxygen atoms in total. The van der Waals surface area contributed by atoms with Crippen molar-refractivity contribution in [3.8, 4) is 0 Å². The Balaban J connectivity index is 0.000000240. The topological polar surface area (TPSA) is 217 Å². The van der Waals surface area contributed by atoms with Crippen molar-refractivity contribution in [3.63, 3.8) is 0 Å². The summed E-state index contributed by atoms with van der Waals surface area (Å²) in [6.07, 6.45) is 12.3. The first-order chi connectivity index (χ1) is 24.4. The molecule has 6 rings (SSSR count). The molecule has 2 heterocycles. The smallest absolute Gasteiger partial charge is 0.319 e. The largest absolute Gasteiger partial charge is 0.466 e. The van der Waals surface area contributed by atoms with Crippen LogP contribution in [0.3, 0.4) is 0 Å². The first-order valence-electron chi connectivity index (χ1n) is 18.1. The first kappa shape index (κ1) is 43.7. The highest BCUT2D eigenvalue weighted by molar-refractivity contribution is 6.01.